The smallest absolute Gasteiger partial charge is 0.452 e. The van der Waals surface area contributed by atoms with Crippen LogP contribution in [0.5, 0.6) is 5.75 Å². The summed E-state index contributed by atoms with van der Waals surface area (Å²) < 4.78 is 148. The molecule has 0 radical (unpaired) electrons. The first kappa shape index (κ1) is 22.5. The van der Waals surface area contributed by atoms with Crippen molar-refractivity contribution >= 4 is 17.7 Å². The van der Waals surface area contributed by atoms with Crippen LogP contribution in [0, 0.1) is 0 Å². The van der Waals surface area contributed by atoms with Gasteiger partial charge in [0.1, 0.15) is 5.75 Å². The van der Waals surface area contributed by atoms with Crippen LogP contribution in [0.25, 0.3) is 6.08 Å². The Morgan fingerprint density at radius 1 is 0.821 bits per heavy atom. The number of hydrogen-bond acceptors (Lipinski definition) is 2. The van der Waals surface area contributed by atoms with E-state index in [2.05, 4.69) is 4.74 Å². The molecule has 0 bridgehead atoms. The molecular weight excluding hydrogens is 445 g/mol. The monoisotopic (exact) mass is 450 g/mol. The van der Waals surface area contributed by atoms with Crippen LogP contribution in [0.15, 0.2) is 24.3 Å². The van der Waals surface area contributed by atoms with Crippen LogP contribution >= 0.6 is 11.6 Å². The quantitative estimate of drug-likeness (QED) is 0.611. The number of hydrogen-bond donors (Lipinski definition) is 1. The zero-order valence-electron chi connectivity index (χ0n) is 12.8. The first-order valence-corrected chi connectivity index (χ1v) is 7.18. The molecule has 158 valence electrons. The van der Waals surface area contributed by atoms with E-state index >= 15 is 0 Å². The van der Waals surface area contributed by atoms with Crippen LogP contribution in [-0.2, 0) is 0 Å². The number of halogens is 12. The van der Waals surface area contributed by atoms with Crippen molar-refractivity contribution in [1.82, 2.24) is 0 Å². The number of alkyl halides is 11. The second-order valence-electron chi connectivity index (χ2n) is 5.61. The van der Waals surface area contributed by atoms with E-state index in [0.29, 0.717) is 6.08 Å². The second kappa shape index (κ2) is 6.12. The van der Waals surface area contributed by atoms with Gasteiger partial charge < -0.3 is 9.84 Å². The lowest BCUT2D eigenvalue weighted by Gasteiger charge is -2.43. The van der Waals surface area contributed by atoms with Crippen molar-refractivity contribution in [1.29, 1.82) is 0 Å². The highest BCUT2D eigenvalue weighted by molar-refractivity contribution is 6.30. The molecule has 14 heteroatoms. The van der Waals surface area contributed by atoms with Crippen LogP contribution in [0.4, 0.5) is 48.3 Å². The predicted molar refractivity (Wildman–Crippen MR) is 71.9 cm³/mol. The summed E-state index contributed by atoms with van der Waals surface area (Å²) in [4.78, 5) is 0. The Morgan fingerprint density at radius 3 is 1.86 bits per heavy atom. The van der Waals surface area contributed by atoms with Gasteiger partial charge in [-0.25, -0.2) is 0 Å². The van der Waals surface area contributed by atoms with Crippen LogP contribution in [-0.4, -0.2) is 40.8 Å². The topological polar surface area (TPSA) is 29.5 Å². The molecule has 1 aromatic carbocycles. The molecule has 0 amide bonds. The van der Waals surface area contributed by atoms with Gasteiger partial charge in [-0.15, -0.1) is 0 Å². The third-order valence-electron chi connectivity index (χ3n) is 3.72. The summed E-state index contributed by atoms with van der Waals surface area (Å²) in [6.45, 7) is 0. The van der Waals surface area contributed by atoms with E-state index in [1.54, 1.807) is 0 Å². The lowest BCUT2D eigenvalue weighted by Crippen LogP contribution is -2.72. The Bertz CT molecular complexity index is 803. The Kier molecular flexibility index (Phi) is 4.92. The Balaban J connectivity index is 2.55. The van der Waals surface area contributed by atoms with E-state index in [4.69, 9.17) is 11.6 Å². The Morgan fingerprint density at radius 2 is 1.36 bits per heavy atom. The molecule has 0 saturated carbocycles. The molecule has 0 aromatic heterocycles. The highest BCUT2D eigenvalue weighted by atomic mass is 35.5. The molecule has 0 aliphatic carbocycles. The molecule has 2 rings (SSSR count). The molecule has 1 unspecified atom stereocenters. The predicted octanol–water partition coefficient (Wildman–Crippen LogP) is 5.54. The van der Waals surface area contributed by atoms with Crippen molar-refractivity contribution in [3.05, 3.63) is 34.9 Å². The number of benzene rings is 1. The average molecular weight is 451 g/mol. The van der Waals surface area contributed by atoms with E-state index in [9.17, 15) is 53.4 Å². The highest BCUT2D eigenvalue weighted by Crippen LogP contribution is 2.60. The largest absolute Gasteiger partial charge is 0.460 e. The molecule has 0 fully saturated rings. The maximum absolute atomic E-state index is 14.1. The maximum atomic E-state index is 14.1. The van der Waals surface area contributed by atoms with Gasteiger partial charge in [-0.1, -0.05) is 11.6 Å². The highest BCUT2D eigenvalue weighted by Gasteiger charge is 2.90. The summed E-state index contributed by atoms with van der Waals surface area (Å²) in [5.41, 5.74) is -0.205. The van der Waals surface area contributed by atoms with Gasteiger partial charge in [-0.3, -0.25) is 0 Å². The second-order valence-corrected chi connectivity index (χ2v) is 6.05. The van der Waals surface area contributed by atoms with Gasteiger partial charge in [0.15, 0.2) is 0 Å². The third kappa shape index (κ3) is 2.90. The van der Waals surface area contributed by atoms with E-state index in [0.717, 1.165) is 18.2 Å². The summed E-state index contributed by atoms with van der Waals surface area (Å²) >= 11 is 5.55. The minimum Gasteiger partial charge on any atom is -0.452 e. The van der Waals surface area contributed by atoms with Gasteiger partial charge in [0.25, 0.3) is 5.79 Å². The normalized spacial score (nSPS) is 21.3. The molecule has 2 nitrogen and oxygen atoms in total. The van der Waals surface area contributed by atoms with Crippen LogP contribution in [0.1, 0.15) is 5.56 Å². The van der Waals surface area contributed by atoms with Gasteiger partial charge >= 0.3 is 29.9 Å². The summed E-state index contributed by atoms with van der Waals surface area (Å²) in [5.74, 6) is -34.8. The molecule has 1 heterocycles. The summed E-state index contributed by atoms with van der Waals surface area (Å²) in [7, 11) is 0. The molecule has 28 heavy (non-hydrogen) atoms. The molecule has 0 saturated heterocycles. The number of fused-ring (bicyclic) bond motifs is 1. The number of rotatable bonds is 4. The third-order valence-corrected chi connectivity index (χ3v) is 3.95. The average Bonchev–Trinajstić information content (AvgIpc) is 2.53. The zero-order valence-corrected chi connectivity index (χ0v) is 13.5. The molecule has 1 N–H and O–H groups in total. The SMILES string of the molecule is OC1(C(F)(F)C(F)(F)C(F)(F)C(F)(F)C(F)(F)F)C=Cc2cc(Cl)ccc2O1. The summed E-state index contributed by atoms with van der Waals surface area (Å²) in [5, 5.41) is 9.63. The standard InChI is InChI=1S/C14H6ClF11O2/c15-7-1-2-8-6(5-7)3-4-9(27,28-8)10(16,17)11(18,19)12(20,21)13(22,23)14(24,25)26/h1-5,27H. The lowest BCUT2D eigenvalue weighted by atomic mass is 9.91. The van der Waals surface area contributed by atoms with E-state index < -0.39 is 41.4 Å². The molecule has 1 aromatic rings. The molecule has 1 aliphatic rings. The van der Waals surface area contributed by atoms with Gasteiger partial charge in [-0.2, -0.15) is 48.3 Å². The first-order chi connectivity index (χ1) is 12.3. The van der Waals surface area contributed by atoms with Crippen molar-refractivity contribution in [2.24, 2.45) is 0 Å². The van der Waals surface area contributed by atoms with Crippen molar-refractivity contribution in [2.45, 2.75) is 35.7 Å². The molecule has 1 aliphatic heterocycles. The molecule has 0 spiro atoms. The minimum atomic E-state index is -7.66. The van der Waals surface area contributed by atoms with E-state index in [1.165, 1.54) is 0 Å². The lowest BCUT2D eigenvalue weighted by molar-refractivity contribution is -0.444. The fraction of sp³-hybridized carbons (Fsp3) is 0.429. The van der Waals surface area contributed by atoms with Crippen molar-refractivity contribution < 1.29 is 58.1 Å². The number of ether oxygens (including phenoxy) is 1. The van der Waals surface area contributed by atoms with Gasteiger partial charge in [0.05, 0.1) is 0 Å². The number of aliphatic hydroxyl groups is 1. The van der Waals surface area contributed by atoms with Crippen LogP contribution in [0.3, 0.4) is 0 Å². The van der Waals surface area contributed by atoms with Gasteiger partial charge in [0.2, 0.25) is 0 Å². The fourth-order valence-electron chi connectivity index (χ4n) is 2.11. The Hall–Kier alpha value is -1.76. The van der Waals surface area contributed by atoms with E-state index in [1.807, 2.05) is 0 Å². The van der Waals surface area contributed by atoms with Gasteiger partial charge in [0, 0.05) is 10.6 Å². The summed E-state index contributed by atoms with van der Waals surface area (Å²) in [6, 6.07) is 2.70. The molecular formula is C14H6ClF11O2. The summed E-state index contributed by atoms with van der Waals surface area (Å²) in [6.07, 6.45) is -7.15. The van der Waals surface area contributed by atoms with Crippen LogP contribution < -0.4 is 4.74 Å². The van der Waals surface area contributed by atoms with Crippen LogP contribution in [0.2, 0.25) is 5.02 Å². The zero-order chi connectivity index (χ0) is 22.0. The van der Waals surface area contributed by atoms with Crippen molar-refractivity contribution in [3.8, 4) is 5.75 Å². The first-order valence-electron chi connectivity index (χ1n) is 6.80. The van der Waals surface area contributed by atoms with Crippen molar-refractivity contribution in [3.63, 3.8) is 0 Å². The van der Waals surface area contributed by atoms with Crippen molar-refractivity contribution in [2.75, 3.05) is 0 Å². The molecule has 1 atom stereocenters. The maximum Gasteiger partial charge on any atom is 0.460 e. The Labute approximate surface area is 153 Å². The van der Waals surface area contributed by atoms with E-state index in [-0.39, 0.29) is 16.7 Å². The minimum absolute atomic E-state index is 0.0223. The van der Waals surface area contributed by atoms with Gasteiger partial charge in [-0.05, 0) is 30.4 Å². The fourth-order valence-corrected chi connectivity index (χ4v) is 2.29.